The number of carbonyl (C=O) groups is 3. The van der Waals surface area contributed by atoms with Gasteiger partial charge in [0.1, 0.15) is 6.04 Å². The second-order valence-corrected chi connectivity index (χ2v) is 8.44. The van der Waals surface area contributed by atoms with Gasteiger partial charge in [-0.05, 0) is 18.6 Å². The number of fused-ring (bicyclic) bond motifs is 1. The fourth-order valence-electron chi connectivity index (χ4n) is 4.06. The third-order valence-corrected chi connectivity index (χ3v) is 5.87. The van der Waals surface area contributed by atoms with Crippen molar-refractivity contribution in [1.82, 2.24) is 10.2 Å². The smallest absolute Gasteiger partial charge is 0.255 e. The molecule has 3 amide bonds. The summed E-state index contributed by atoms with van der Waals surface area (Å²) in [7, 11) is 0. The lowest BCUT2D eigenvalue weighted by molar-refractivity contribution is -0.136. The molecule has 0 saturated carbocycles. The number of nitrogens with zero attached hydrogens (tertiary/aromatic N) is 1. The molecule has 206 valence electrons. The van der Waals surface area contributed by atoms with E-state index >= 15 is 0 Å². The second kappa shape index (κ2) is 16.3. The molecule has 1 fully saturated rings. The lowest BCUT2D eigenvalue weighted by atomic mass is 10.0. The highest BCUT2D eigenvalue weighted by molar-refractivity contribution is 6.06. The van der Waals surface area contributed by atoms with Crippen molar-refractivity contribution in [2.75, 3.05) is 84.5 Å². The molecule has 12 nitrogen and oxygen atoms in total. The summed E-state index contributed by atoms with van der Waals surface area (Å²) in [6.07, 6.45) is 0.570. The Balaban J connectivity index is 1.22. The summed E-state index contributed by atoms with van der Waals surface area (Å²) < 4.78 is 26.9. The fraction of sp³-hybridized carbons (Fsp3) is 0.640. The highest BCUT2D eigenvalue weighted by Crippen LogP contribution is 2.32. The first kappa shape index (κ1) is 29.0. The maximum Gasteiger partial charge on any atom is 0.255 e. The number of rotatable bonds is 19. The first-order chi connectivity index (χ1) is 18.1. The number of amides is 3. The molecule has 37 heavy (non-hydrogen) atoms. The van der Waals surface area contributed by atoms with Gasteiger partial charge in [-0.25, -0.2) is 0 Å². The summed E-state index contributed by atoms with van der Waals surface area (Å²) in [5.74, 6) is -0.910. The van der Waals surface area contributed by atoms with Gasteiger partial charge in [0.15, 0.2) is 0 Å². The molecular formula is C25H37N3O9. The van der Waals surface area contributed by atoms with Crippen LogP contribution in [0.1, 0.15) is 28.8 Å². The number of anilines is 1. The van der Waals surface area contributed by atoms with Gasteiger partial charge in [-0.15, -0.1) is 0 Å². The number of hydrogen-bond acceptors (Lipinski definition) is 10. The molecule has 0 aromatic heterocycles. The van der Waals surface area contributed by atoms with E-state index in [9.17, 15) is 14.4 Å². The van der Waals surface area contributed by atoms with Gasteiger partial charge < -0.3 is 39.0 Å². The van der Waals surface area contributed by atoms with Gasteiger partial charge in [-0.1, -0.05) is 6.07 Å². The minimum Gasteiger partial charge on any atom is -0.394 e. The first-order valence-corrected chi connectivity index (χ1v) is 12.6. The Labute approximate surface area is 216 Å². The van der Waals surface area contributed by atoms with Gasteiger partial charge in [0.2, 0.25) is 11.8 Å². The summed E-state index contributed by atoms with van der Waals surface area (Å²) in [5, 5.41) is 14.2. The van der Waals surface area contributed by atoms with Crippen LogP contribution in [0.2, 0.25) is 0 Å². The number of nitrogens with one attached hydrogen (secondary N) is 2. The Kier molecular flexibility index (Phi) is 12.7. The lowest BCUT2D eigenvalue weighted by Crippen LogP contribution is -2.52. The minimum atomic E-state index is -0.629. The Bertz CT molecular complexity index is 883. The Morgan fingerprint density at radius 2 is 1.46 bits per heavy atom. The van der Waals surface area contributed by atoms with Crippen molar-refractivity contribution >= 4 is 23.4 Å². The van der Waals surface area contributed by atoms with Gasteiger partial charge >= 0.3 is 0 Å². The van der Waals surface area contributed by atoms with Crippen LogP contribution in [0, 0.1) is 0 Å². The molecule has 1 aromatic carbocycles. The van der Waals surface area contributed by atoms with Crippen LogP contribution in [0.15, 0.2) is 18.2 Å². The van der Waals surface area contributed by atoms with Crippen molar-refractivity contribution in [2.45, 2.75) is 25.4 Å². The third-order valence-electron chi connectivity index (χ3n) is 5.87. The SMILES string of the molecule is O=C1CCC(N2Cc3c(NCCOCCOCCOCCOCCOCCO)cccc3C2=O)C(=O)N1. The largest absolute Gasteiger partial charge is 0.394 e. The molecule has 0 aliphatic carbocycles. The molecule has 2 heterocycles. The van der Waals surface area contributed by atoms with E-state index in [0.717, 1.165) is 11.3 Å². The highest BCUT2D eigenvalue weighted by atomic mass is 16.6. The van der Waals surface area contributed by atoms with Crippen molar-refractivity contribution in [3.8, 4) is 0 Å². The standard InChI is InChI=1S/C25H37N3O9/c29-7-9-34-11-13-36-15-17-37-16-14-35-12-10-33-8-6-26-21-3-1-2-19-20(21)18-28(25(19)32)22-4-5-23(30)27-24(22)31/h1-3,22,26,29H,4-18H2,(H,27,30,31). The molecule has 0 spiro atoms. The van der Waals surface area contributed by atoms with Crippen molar-refractivity contribution in [1.29, 1.82) is 0 Å². The molecule has 0 bridgehead atoms. The number of carbonyl (C=O) groups excluding carboxylic acids is 3. The van der Waals surface area contributed by atoms with Crippen LogP contribution in [-0.2, 0) is 39.8 Å². The molecule has 3 N–H and O–H groups in total. The Hall–Kier alpha value is -2.61. The van der Waals surface area contributed by atoms with Gasteiger partial charge in [-0.3, -0.25) is 19.7 Å². The second-order valence-electron chi connectivity index (χ2n) is 8.44. The average Bonchev–Trinajstić information content (AvgIpc) is 3.22. The van der Waals surface area contributed by atoms with Crippen molar-refractivity contribution in [3.63, 3.8) is 0 Å². The maximum absolute atomic E-state index is 12.9. The van der Waals surface area contributed by atoms with Gasteiger partial charge in [-0.2, -0.15) is 0 Å². The van der Waals surface area contributed by atoms with Crippen LogP contribution >= 0.6 is 0 Å². The summed E-state index contributed by atoms with van der Waals surface area (Å²) in [6, 6.07) is 4.84. The summed E-state index contributed by atoms with van der Waals surface area (Å²) in [4.78, 5) is 38.1. The van der Waals surface area contributed by atoms with Crippen LogP contribution in [-0.4, -0.2) is 113 Å². The minimum absolute atomic E-state index is 0.0121. The van der Waals surface area contributed by atoms with Gasteiger partial charge in [0.05, 0.1) is 72.7 Å². The average molecular weight is 524 g/mol. The quantitative estimate of drug-likeness (QED) is 0.166. The number of aliphatic hydroxyl groups is 1. The van der Waals surface area contributed by atoms with Crippen LogP contribution in [0.25, 0.3) is 0 Å². The van der Waals surface area contributed by atoms with Gasteiger partial charge in [0, 0.05) is 36.3 Å². The Morgan fingerprint density at radius 1 is 0.865 bits per heavy atom. The third kappa shape index (κ3) is 9.33. The number of benzene rings is 1. The molecular weight excluding hydrogens is 486 g/mol. The van der Waals surface area contributed by atoms with E-state index in [4.69, 9.17) is 28.8 Å². The van der Waals surface area contributed by atoms with E-state index in [1.165, 1.54) is 4.90 Å². The molecule has 0 radical (unpaired) electrons. The van der Waals surface area contributed by atoms with Crippen LogP contribution in [0.4, 0.5) is 5.69 Å². The topological polar surface area (TPSA) is 145 Å². The molecule has 1 atom stereocenters. The monoisotopic (exact) mass is 523 g/mol. The van der Waals surface area contributed by atoms with Crippen LogP contribution in [0.5, 0.6) is 0 Å². The number of ether oxygens (including phenoxy) is 5. The van der Waals surface area contributed by atoms with E-state index in [0.29, 0.717) is 91.1 Å². The van der Waals surface area contributed by atoms with E-state index in [-0.39, 0.29) is 24.8 Å². The summed E-state index contributed by atoms with van der Waals surface area (Å²) in [5.41, 5.74) is 2.25. The van der Waals surface area contributed by atoms with Crippen molar-refractivity contribution in [2.24, 2.45) is 0 Å². The number of imide groups is 1. The molecule has 2 aliphatic heterocycles. The van der Waals surface area contributed by atoms with E-state index in [1.54, 1.807) is 6.07 Å². The fourth-order valence-corrected chi connectivity index (χ4v) is 4.06. The highest BCUT2D eigenvalue weighted by Gasteiger charge is 2.39. The molecule has 12 heteroatoms. The molecule has 1 unspecified atom stereocenters. The molecule has 1 aromatic rings. The van der Waals surface area contributed by atoms with Crippen LogP contribution in [0.3, 0.4) is 0 Å². The van der Waals surface area contributed by atoms with E-state index in [1.807, 2.05) is 12.1 Å². The van der Waals surface area contributed by atoms with Crippen LogP contribution < -0.4 is 10.6 Å². The first-order valence-electron chi connectivity index (χ1n) is 12.6. The van der Waals surface area contributed by atoms with Gasteiger partial charge in [0.25, 0.3) is 5.91 Å². The molecule has 3 rings (SSSR count). The molecule has 1 saturated heterocycles. The number of hydrogen-bond donors (Lipinski definition) is 3. The van der Waals surface area contributed by atoms with E-state index < -0.39 is 11.9 Å². The zero-order valence-corrected chi connectivity index (χ0v) is 21.1. The van der Waals surface area contributed by atoms with Crippen molar-refractivity contribution < 1.29 is 43.2 Å². The number of piperidine rings is 1. The Morgan fingerprint density at radius 3 is 2.05 bits per heavy atom. The zero-order valence-electron chi connectivity index (χ0n) is 21.1. The summed E-state index contributed by atoms with van der Waals surface area (Å²) >= 11 is 0. The predicted octanol–water partition coefficient (Wildman–Crippen LogP) is -0.0652. The maximum atomic E-state index is 12.9. The predicted molar refractivity (Wildman–Crippen MR) is 132 cm³/mol. The lowest BCUT2D eigenvalue weighted by Gasteiger charge is -2.29. The summed E-state index contributed by atoms with van der Waals surface area (Å²) in [6.45, 7) is 5.40. The van der Waals surface area contributed by atoms with E-state index in [2.05, 4.69) is 10.6 Å². The normalized spacial score (nSPS) is 17.3. The number of aliphatic hydroxyl groups excluding tert-OH is 1. The van der Waals surface area contributed by atoms with Crippen molar-refractivity contribution in [3.05, 3.63) is 29.3 Å². The molecule has 2 aliphatic rings. The zero-order chi connectivity index (χ0) is 26.3.